The number of fused-ring (bicyclic) bond motifs is 2. The van der Waals surface area contributed by atoms with Crippen LogP contribution in [-0.4, -0.2) is 5.91 Å². The number of anilines is 1. The number of carbonyl (C=O) groups excluding carboxylic acids is 1. The standard InChI is InChI=1S/C25H16F3NO3/c1-14-9-11-15(12-10-14)21-20-22(30)18-7-2-3-8-19(18)32-23(20)24(31)29(21)17-6-4-5-16(13-17)25(26,27)28/h2-13,21H,1H3. The zero-order valence-electron chi connectivity index (χ0n) is 16.8. The van der Waals surface area contributed by atoms with Crippen LogP contribution >= 0.6 is 0 Å². The van der Waals surface area contributed by atoms with Crippen molar-refractivity contribution in [2.45, 2.75) is 19.1 Å². The lowest BCUT2D eigenvalue weighted by Gasteiger charge is -2.26. The minimum atomic E-state index is -4.58. The zero-order valence-corrected chi connectivity index (χ0v) is 16.8. The smallest absolute Gasteiger partial charge is 0.416 e. The fourth-order valence-corrected chi connectivity index (χ4v) is 4.08. The summed E-state index contributed by atoms with van der Waals surface area (Å²) in [6.45, 7) is 1.89. The van der Waals surface area contributed by atoms with E-state index in [2.05, 4.69) is 0 Å². The van der Waals surface area contributed by atoms with Crippen molar-refractivity contribution in [2.24, 2.45) is 0 Å². The van der Waals surface area contributed by atoms with Gasteiger partial charge < -0.3 is 4.42 Å². The Morgan fingerprint density at radius 1 is 0.906 bits per heavy atom. The number of aryl methyl sites for hydroxylation is 1. The van der Waals surface area contributed by atoms with Gasteiger partial charge in [0.2, 0.25) is 5.76 Å². The Labute approximate surface area is 180 Å². The summed E-state index contributed by atoms with van der Waals surface area (Å²) in [6, 6.07) is 17.3. The van der Waals surface area contributed by atoms with E-state index in [1.165, 1.54) is 17.0 Å². The van der Waals surface area contributed by atoms with Gasteiger partial charge in [0.1, 0.15) is 5.58 Å². The SMILES string of the molecule is Cc1ccc(C2c3c(oc4ccccc4c3=O)C(=O)N2c2cccc(C(F)(F)F)c2)cc1. The van der Waals surface area contributed by atoms with Crippen molar-refractivity contribution in [3.8, 4) is 0 Å². The van der Waals surface area contributed by atoms with E-state index in [-0.39, 0.29) is 28.0 Å². The molecular formula is C25H16F3NO3. The summed E-state index contributed by atoms with van der Waals surface area (Å²) in [7, 11) is 0. The molecule has 0 radical (unpaired) electrons. The number of amides is 1. The van der Waals surface area contributed by atoms with Gasteiger partial charge in [0, 0.05) is 5.69 Å². The molecule has 1 amide bonds. The number of nitrogens with zero attached hydrogens (tertiary/aromatic N) is 1. The van der Waals surface area contributed by atoms with Gasteiger partial charge in [0.15, 0.2) is 5.43 Å². The van der Waals surface area contributed by atoms with Gasteiger partial charge in [0.05, 0.1) is 22.6 Å². The first-order valence-corrected chi connectivity index (χ1v) is 9.89. The highest BCUT2D eigenvalue weighted by Gasteiger charge is 2.44. The van der Waals surface area contributed by atoms with Crippen molar-refractivity contribution < 1.29 is 22.4 Å². The van der Waals surface area contributed by atoms with Gasteiger partial charge in [-0.1, -0.05) is 48.0 Å². The Balaban J connectivity index is 1.79. The third-order valence-electron chi connectivity index (χ3n) is 5.62. The number of benzene rings is 3. The molecule has 4 aromatic rings. The summed E-state index contributed by atoms with van der Waals surface area (Å²) >= 11 is 0. The summed E-state index contributed by atoms with van der Waals surface area (Å²) in [5.41, 5.74) is 0.705. The third-order valence-corrected chi connectivity index (χ3v) is 5.62. The van der Waals surface area contributed by atoms with Crippen molar-refractivity contribution in [2.75, 3.05) is 4.90 Å². The topological polar surface area (TPSA) is 50.5 Å². The minimum Gasteiger partial charge on any atom is -0.450 e. The molecule has 160 valence electrons. The van der Waals surface area contributed by atoms with Crippen molar-refractivity contribution >= 4 is 22.6 Å². The Morgan fingerprint density at radius 3 is 2.34 bits per heavy atom. The van der Waals surface area contributed by atoms with Crippen molar-refractivity contribution in [3.63, 3.8) is 0 Å². The Kier molecular flexibility index (Phi) is 4.44. The van der Waals surface area contributed by atoms with Crippen LogP contribution in [-0.2, 0) is 6.18 Å². The molecule has 0 saturated carbocycles. The Morgan fingerprint density at radius 2 is 1.62 bits per heavy atom. The lowest BCUT2D eigenvalue weighted by molar-refractivity contribution is -0.137. The molecule has 1 atom stereocenters. The molecule has 2 heterocycles. The quantitative estimate of drug-likeness (QED) is 0.396. The number of carbonyl (C=O) groups is 1. The van der Waals surface area contributed by atoms with E-state index in [1.807, 2.05) is 19.1 Å². The summed E-state index contributed by atoms with van der Waals surface area (Å²) in [5.74, 6) is -0.815. The van der Waals surface area contributed by atoms with Gasteiger partial charge in [-0.2, -0.15) is 13.2 Å². The van der Waals surface area contributed by atoms with E-state index in [0.29, 0.717) is 10.9 Å². The average molecular weight is 435 g/mol. The van der Waals surface area contributed by atoms with Crippen LogP contribution in [0.25, 0.3) is 11.0 Å². The molecule has 0 fully saturated rings. The van der Waals surface area contributed by atoms with E-state index >= 15 is 0 Å². The van der Waals surface area contributed by atoms with Crippen LogP contribution in [0.5, 0.6) is 0 Å². The van der Waals surface area contributed by atoms with Gasteiger partial charge in [0.25, 0.3) is 5.91 Å². The molecule has 1 aromatic heterocycles. The summed E-state index contributed by atoms with van der Waals surface area (Å²) < 4.78 is 45.9. The van der Waals surface area contributed by atoms with Gasteiger partial charge in [-0.25, -0.2) is 0 Å². The van der Waals surface area contributed by atoms with Crippen LogP contribution in [0.1, 0.15) is 38.9 Å². The number of hydrogen-bond donors (Lipinski definition) is 0. The number of hydrogen-bond acceptors (Lipinski definition) is 3. The van der Waals surface area contributed by atoms with Crippen LogP contribution in [0, 0.1) is 6.92 Å². The van der Waals surface area contributed by atoms with Gasteiger partial charge in [-0.05, 0) is 42.8 Å². The van der Waals surface area contributed by atoms with Crippen LogP contribution in [0.4, 0.5) is 18.9 Å². The van der Waals surface area contributed by atoms with E-state index in [1.54, 1.807) is 36.4 Å². The van der Waals surface area contributed by atoms with Crippen molar-refractivity contribution in [1.82, 2.24) is 0 Å². The molecule has 0 bridgehead atoms. The monoisotopic (exact) mass is 435 g/mol. The number of alkyl halides is 3. The van der Waals surface area contributed by atoms with E-state index < -0.39 is 23.7 Å². The highest BCUT2D eigenvalue weighted by atomic mass is 19.4. The second-order valence-corrected chi connectivity index (χ2v) is 7.71. The largest absolute Gasteiger partial charge is 0.450 e. The molecular weight excluding hydrogens is 419 g/mol. The first-order chi connectivity index (χ1) is 15.3. The predicted molar refractivity (Wildman–Crippen MR) is 114 cm³/mol. The average Bonchev–Trinajstić information content (AvgIpc) is 3.07. The van der Waals surface area contributed by atoms with E-state index in [4.69, 9.17) is 4.42 Å². The molecule has 32 heavy (non-hydrogen) atoms. The van der Waals surface area contributed by atoms with Crippen LogP contribution < -0.4 is 10.3 Å². The lowest BCUT2D eigenvalue weighted by Crippen LogP contribution is -2.29. The zero-order chi connectivity index (χ0) is 22.6. The lowest BCUT2D eigenvalue weighted by atomic mass is 9.97. The molecule has 5 rings (SSSR count). The summed E-state index contributed by atoms with van der Waals surface area (Å²) in [5, 5.41) is 0.307. The molecule has 1 aliphatic heterocycles. The number of rotatable bonds is 2. The highest BCUT2D eigenvalue weighted by Crippen LogP contribution is 2.42. The molecule has 0 saturated heterocycles. The van der Waals surface area contributed by atoms with E-state index in [9.17, 15) is 22.8 Å². The highest BCUT2D eigenvalue weighted by molar-refractivity contribution is 6.10. The fraction of sp³-hybridized carbons (Fsp3) is 0.120. The maximum atomic E-state index is 13.4. The first kappa shape index (κ1) is 20.1. The van der Waals surface area contributed by atoms with Crippen molar-refractivity contribution in [1.29, 1.82) is 0 Å². The molecule has 3 aromatic carbocycles. The first-order valence-electron chi connectivity index (χ1n) is 9.89. The Hall–Kier alpha value is -3.87. The summed E-state index contributed by atoms with van der Waals surface area (Å²) in [6.07, 6.45) is -4.58. The van der Waals surface area contributed by atoms with Crippen LogP contribution in [0.2, 0.25) is 0 Å². The molecule has 0 N–H and O–H groups in total. The summed E-state index contributed by atoms with van der Waals surface area (Å²) in [4.78, 5) is 28.0. The van der Waals surface area contributed by atoms with Gasteiger partial charge in [-0.3, -0.25) is 14.5 Å². The number of para-hydroxylation sites is 1. The van der Waals surface area contributed by atoms with Gasteiger partial charge >= 0.3 is 6.18 Å². The van der Waals surface area contributed by atoms with Crippen molar-refractivity contribution in [3.05, 3.63) is 111 Å². The third kappa shape index (κ3) is 3.09. The number of halogens is 3. The maximum absolute atomic E-state index is 13.4. The molecule has 1 aliphatic rings. The van der Waals surface area contributed by atoms with E-state index in [0.717, 1.165) is 17.7 Å². The van der Waals surface area contributed by atoms with Crippen LogP contribution in [0.15, 0.2) is 82.0 Å². The Bertz CT molecular complexity index is 1420. The van der Waals surface area contributed by atoms with Gasteiger partial charge in [-0.15, -0.1) is 0 Å². The van der Waals surface area contributed by atoms with Crippen LogP contribution in [0.3, 0.4) is 0 Å². The predicted octanol–water partition coefficient (Wildman–Crippen LogP) is 5.87. The molecule has 0 spiro atoms. The fourth-order valence-electron chi connectivity index (χ4n) is 4.08. The molecule has 4 nitrogen and oxygen atoms in total. The second kappa shape index (κ2) is 7.09. The second-order valence-electron chi connectivity index (χ2n) is 7.71. The molecule has 7 heteroatoms. The normalized spacial score (nSPS) is 15.9. The minimum absolute atomic E-state index is 0.0326. The molecule has 1 unspecified atom stereocenters. The molecule has 0 aliphatic carbocycles. The maximum Gasteiger partial charge on any atom is 0.416 e.